The average Bonchev–Trinajstić information content (AvgIpc) is 2.63. The van der Waals surface area contributed by atoms with Gasteiger partial charge in [0.15, 0.2) is 0 Å². The number of hydrogen-bond acceptors (Lipinski definition) is 2. The number of carbonyl (C=O) groups excluding carboxylic acids is 1. The van der Waals surface area contributed by atoms with Gasteiger partial charge < -0.3 is 0 Å². The molecular formula is C21H19ClN2O. The van der Waals surface area contributed by atoms with Crippen LogP contribution in [0.2, 0.25) is 5.02 Å². The minimum atomic E-state index is -0.469. The molecule has 4 heteroatoms. The van der Waals surface area contributed by atoms with Gasteiger partial charge in [-0.15, -0.1) is 0 Å². The topological polar surface area (TPSA) is 33.2 Å². The molecule has 0 aliphatic carbocycles. The summed E-state index contributed by atoms with van der Waals surface area (Å²) in [4.78, 5) is 19.7. The molecule has 1 unspecified atom stereocenters. The van der Waals surface area contributed by atoms with Crippen LogP contribution in [0, 0.1) is 5.41 Å². The predicted molar refractivity (Wildman–Crippen MR) is 102 cm³/mol. The Labute approximate surface area is 152 Å². The number of pyridine rings is 1. The van der Waals surface area contributed by atoms with Gasteiger partial charge in [0.1, 0.15) is 0 Å². The van der Waals surface area contributed by atoms with E-state index in [0.717, 1.165) is 34.3 Å². The first-order valence-electron chi connectivity index (χ1n) is 8.50. The molecule has 2 aromatic carbocycles. The van der Waals surface area contributed by atoms with Crippen LogP contribution >= 0.6 is 11.6 Å². The highest BCUT2D eigenvalue weighted by atomic mass is 35.5. The fourth-order valence-corrected chi connectivity index (χ4v) is 3.73. The molecule has 1 aliphatic rings. The molecule has 1 atom stereocenters. The second-order valence-corrected chi connectivity index (χ2v) is 7.26. The van der Waals surface area contributed by atoms with Gasteiger partial charge in [0, 0.05) is 10.4 Å². The number of anilines is 2. The van der Waals surface area contributed by atoms with Crippen molar-refractivity contribution in [2.75, 3.05) is 4.90 Å². The van der Waals surface area contributed by atoms with Gasteiger partial charge in [0.05, 0.1) is 28.5 Å². The molecule has 0 bridgehead atoms. The maximum atomic E-state index is 13.3. The zero-order valence-electron chi connectivity index (χ0n) is 14.3. The van der Waals surface area contributed by atoms with Crippen molar-refractivity contribution in [2.24, 2.45) is 5.41 Å². The lowest BCUT2D eigenvalue weighted by atomic mass is 9.76. The summed E-state index contributed by atoms with van der Waals surface area (Å²) in [5.74, 6) is 0.0989. The third kappa shape index (κ3) is 2.50. The van der Waals surface area contributed by atoms with Crippen LogP contribution in [0.15, 0.2) is 54.7 Å². The van der Waals surface area contributed by atoms with Crippen LogP contribution in [-0.4, -0.2) is 10.9 Å². The molecule has 3 nitrogen and oxygen atoms in total. The first-order chi connectivity index (χ1) is 12.0. The van der Waals surface area contributed by atoms with Crippen molar-refractivity contribution in [3.05, 3.63) is 65.3 Å². The minimum absolute atomic E-state index is 0.0989. The second kappa shape index (κ2) is 5.85. The Morgan fingerprint density at radius 3 is 2.80 bits per heavy atom. The molecule has 1 aromatic heterocycles. The highest BCUT2D eigenvalue weighted by molar-refractivity contribution is 6.32. The third-order valence-corrected chi connectivity index (χ3v) is 5.59. The van der Waals surface area contributed by atoms with E-state index in [1.54, 1.807) is 11.1 Å². The monoisotopic (exact) mass is 350 g/mol. The van der Waals surface area contributed by atoms with Crippen LogP contribution in [0.4, 0.5) is 11.4 Å². The molecule has 0 saturated carbocycles. The Kier molecular flexibility index (Phi) is 3.77. The predicted octanol–water partition coefficient (Wildman–Crippen LogP) is 5.53. The largest absolute Gasteiger partial charge is 0.279 e. The number of nitrogens with zero attached hydrogens (tertiary/aromatic N) is 2. The second-order valence-electron chi connectivity index (χ2n) is 6.86. The van der Waals surface area contributed by atoms with Gasteiger partial charge in [-0.05, 0) is 42.7 Å². The van der Waals surface area contributed by atoms with Gasteiger partial charge in [-0.3, -0.25) is 14.7 Å². The number of aromatic nitrogens is 1. The number of halogens is 1. The summed E-state index contributed by atoms with van der Waals surface area (Å²) in [5.41, 5.74) is 3.12. The van der Waals surface area contributed by atoms with E-state index in [1.165, 1.54) is 0 Å². The fraction of sp³-hybridized carbons (Fsp3) is 0.238. The first kappa shape index (κ1) is 16.1. The Bertz CT molecular complexity index is 985. The first-order valence-corrected chi connectivity index (χ1v) is 8.88. The lowest BCUT2D eigenvalue weighted by Crippen LogP contribution is -2.45. The normalized spacial score (nSPS) is 20.0. The molecular weight excluding hydrogens is 332 g/mol. The molecule has 0 radical (unpaired) electrons. The molecule has 0 N–H and O–H groups in total. The maximum absolute atomic E-state index is 13.3. The van der Waals surface area contributed by atoms with Gasteiger partial charge in [-0.2, -0.15) is 0 Å². The smallest absolute Gasteiger partial charge is 0.237 e. The molecule has 3 aromatic rings. The van der Waals surface area contributed by atoms with Gasteiger partial charge in [-0.1, -0.05) is 49.7 Å². The van der Waals surface area contributed by atoms with E-state index < -0.39 is 5.41 Å². The van der Waals surface area contributed by atoms with Crippen LogP contribution < -0.4 is 4.90 Å². The van der Waals surface area contributed by atoms with Crippen molar-refractivity contribution < 1.29 is 4.79 Å². The molecule has 0 spiro atoms. The summed E-state index contributed by atoms with van der Waals surface area (Å²) >= 11 is 6.47. The number of fused-ring (bicyclic) bond motifs is 2. The molecule has 1 aliphatic heterocycles. The molecule has 0 fully saturated rings. The third-order valence-electron chi connectivity index (χ3n) is 5.24. The molecule has 2 heterocycles. The number of rotatable bonds is 2. The quantitative estimate of drug-likeness (QED) is 0.609. The van der Waals surface area contributed by atoms with Crippen molar-refractivity contribution in [2.45, 2.75) is 26.7 Å². The number of benzene rings is 2. The van der Waals surface area contributed by atoms with Gasteiger partial charge in [0.2, 0.25) is 5.91 Å². The van der Waals surface area contributed by atoms with E-state index in [2.05, 4.69) is 11.9 Å². The van der Waals surface area contributed by atoms with E-state index in [0.29, 0.717) is 11.4 Å². The summed E-state index contributed by atoms with van der Waals surface area (Å²) in [6, 6.07) is 15.7. The van der Waals surface area contributed by atoms with E-state index in [4.69, 9.17) is 11.6 Å². The van der Waals surface area contributed by atoms with E-state index in [9.17, 15) is 4.79 Å². The summed E-state index contributed by atoms with van der Waals surface area (Å²) in [7, 11) is 0. The van der Waals surface area contributed by atoms with E-state index in [-0.39, 0.29) is 5.91 Å². The van der Waals surface area contributed by atoms with Gasteiger partial charge in [0.25, 0.3) is 0 Å². The van der Waals surface area contributed by atoms with Crippen LogP contribution in [0.5, 0.6) is 0 Å². The lowest BCUT2D eigenvalue weighted by molar-refractivity contribution is -0.127. The van der Waals surface area contributed by atoms with E-state index in [1.807, 2.05) is 55.5 Å². The zero-order valence-corrected chi connectivity index (χ0v) is 15.0. The number of carbonyl (C=O) groups is 1. The molecule has 126 valence electrons. The number of amides is 1. The van der Waals surface area contributed by atoms with Crippen LogP contribution in [0.3, 0.4) is 0 Å². The van der Waals surface area contributed by atoms with E-state index >= 15 is 0 Å². The van der Waals surface area contributed by atoms with Gasteiger partial charge in [-0.25, -0.2) is 0 Å². The molecule has 1 amide bonds. The molecule has 4 rings (SSSR count). The maximum Gasteiger partial charge on any atom is 0.237 e. The molecule has 0 saturated heterocycles. The van der Waals surface area contributed by atoms with Crippen molar-refractivity contribution in [1.29, 1.82) is 0 Å². The Morgan fingerprint density at radius 1 is 1.20 bits per heavy atom. The van der Waals surface area contributed by atoms with Crippen LogP contribution in [0.25, 0.3) is 10.9 Å². The van der Waals surface area contributed by atoms with Crippen molar-refractivity contribution in [3.8, 4) is 0 Å². The summed E-state index contributed by atoms with van der Waals surface area (Å²) in [6.45, 7) is 4.07. The summed E-state index contributed by atoms with van der Waals surface area (Å²) in [6.07, 6.45) is 3.19. The lowest BCUT2D eigenvalue weighted by Gasteiger charge is -2.40. The Morgan fingerprint density at radius 2 is 2.00 bits per heavy atom. The van der Waals surface area contributed by atoms with Gasteiger partial charge >= 0.3 is 0 Å². The standard InChI is InChI=1S/C21H19ClN2O/c1-3-21(2)12-16-17(22)8-6-10-19(16)24(20(21)25)15-11-14-7-4-5-9-18(14)23-13-15/h4-11,13H,3,12H2,1-2H3. The number of para-hydroxylation sites is 1. The minimum Gasteiger partial charge on any atom is -0.279 e. The fourth-order valence-electron chi connectivity index (χ4n) is 3.49. The Hall–Kier alpha value is -2.39. The Balaban J connectivity index is 1.94. The van der Waals surface area contributed by atoms with Crippen molar-refractivity contribution in [1.82, 2.24) is 4.98 Å². The average molecular weight is 351 g/mol. The molecule has 25 heavy (non-hydrogen) atoms. The zero-order chi connectivity index (χ0) is 17.6. The van der Waals surface area contributed by atoms with Crippen LogP contribution in [-0.2, 0) is 11.2 Å². The SMILES string of the molecule is CCC1(C)Cc2c(Cl)cccc2N(c2cnc3ccccc3c2)C1=O. The summed E-state index contributed by atoms with van der Waals surface area (Å²) in [5, 5.41) is 1.73. The van der Waals surface area contributed by atoms with Crippen molar-refractivity contribution in [3.63, 3.8) is 0 Å². The van der Waals surface area contributed by atoms with Crippen molar-refractivity contribution >= 4 is 39.8 Å². The highest BCUT2D eigenvalue weighted by Gasteiger charge is 2.42. The highest BCUT2D eigenvalue weighted by Crippen LogP contribution is 2.45. The van der Waals surface area contributed by atoms with Crippen LogP contribution in [0.1, 0.15) is 25.8 Å². The number of hydrogen-bond donors (Lipinski definition) is 0. The summed E-state index contributed by atoms with van der Waals surface area (Å²) < 4.78 is 0.